The highest BCUT2D eigenvalue weighted by Gasteiger charge is 2.25. The molecule has 0 unspecified atom stereocenters. The van der Waals surface area contributed by atoms with Gasteiger partial charge in [-0.15, -0.1) is 6.42 Å². The van der Waals surface area contributed by atoms with Gasteiger partial charge >= 0.3 is 5.97 Å². The maximum Gasteiger partial charge on any atom is 0.331 e. The van der Waals surface area contributed by atoms with Crippen LogP contribution in [-0.2, 0) is 14.3 Å². The Balaban J connectivity index is 1.95. The number of hydrogen-bond acceptors (Lipinski definition) is 4. The number of carbonyl (C=O) groups is 2. The lowest BCUT2D eigenvalue weighted by molar-refractivity contribution is -0.144. The summed E-state index contributed by atoms with van der Waals surface area (Å²) in [5, 5.41) is 3.73. The van der Waals surface area contributed by atoms with Crippen LogP contribution < -0.4 is 5.32 Å². The predicted molar refractivity (Wildman–Crippen MR) is 102 cm³/mol. The van der Waals surface area contributed by atoms with Crippen LogP contribution in [0.5, 0.6) is 0 Å². The molecule has 0 saturated carbocycles. The van der Waals surface area contributed by atoms with Crippen molar-refractivity contribution in [2.45, 2.75) is 32.2 Å². The van der Waals surface area contributed by atoms with Crippen LogP contribution in [0.15, 0.2) is 42.6 Å². The zero-order chi connectivity index (χ0) is 19.0. The van der Waals surface area contributed by atoms with Crippen LogP contribution in [0, 0.1) is 12.3 Å². The van der Waals surface area contributed by atoms with Crippen molar-refractivity contribution in [1.82, 2.24) is 10.3 Å². The molecule has 1 N–H and O–H groups in total. The smallest absolute Gasteiger partial charge is 0.331 e. The summed E-state index contributed by atoms with van der Waals surface area (Å²) in [7, 11) is 0. The van der Waals surface area contributed by atoms with E-state index in [1.807, 2.05) is 44.2 Å². The van der Waals surface area contributed by atoms with Gasteiger partial charge in [0.2, 0.25) is 0 Å². The van der Waals surface area contributed by atoms with Gasteiger partial charge in [0.1, 0.15) is 5.54 Å². The van der Waals surface area contributed by atoms with Crippen molar-refractivity contribution in [3.05, 3.63) is 48.2 Å². The standard InChI is InChI=1S/C21H22N2O3/c1-4-21(5-2,6-3)23-18(24)15-26-19(25)13-12-17-10-7-9-16-11-8-14-22-20(16)17/h1,7-14H,5-6,15H2,2-3H3,(H,23,24). The number of para-hydroxylation sites is 1. The zero-order valence-corrected chi connectivity index (χ0v) is 15.0. The third kappa shape index (κ3) is 4.70. The second-order valence-corrected chi connectivity index (χ2v) is 5.85. The molecule has 1 amide bonds. The highest BCUT2D eigenvalue weighted by Crippen LogP contribution is 2.17. The summed E-state index contributed by atoms with van der Waals surface area (Å²) in [5.74, 6) is 1.58. The second kappa shape index (κ2) is 8.82. The Labute approximate surface area is 153 Å². The molecule has 0 aliphatic carbocycles. The normalized spacial score (nSPS) is 11.3. The molecule has 26 heavy (non-hydrogen) atoms. The van der Waals surface area contributed by atoms with Gasteiger partial charge in [0, 0.05) is 23.2 Å². The molecule has 0 bridgehead atoms. The molecule has 5 heteroatoms. The summed E-state index contributed by atoms with van der Waals surface area (Å²) in [6.45, 7) is 3.42. The summed E-state index contributed by atoms with van der Waals surface area (Å²) < 4.78 is 4.99. The Morgan fingerprint density at radius 2 is 2.00 bits per heavy atom. The van der Waals surface area contributed by atoms with Crippen LogP contribution in [-0.4, -0.2) is 29.0 Å². The lowest BCUT2D eigenvalue weighted by atomic mass is 9.94. The van der Waals surface area contributed by atoms with E-state index >= 15 is 0 Å². The van der Waals surface area contributed by atoms with E-state index < -0.39 is 17.4 Å². The van der Waals surface area contributed by atoms with Gasteiger partial charge in [-0.05, 0) is 25.0 Å². The van der Waals surface area contributed by atoms with Crippen LogP contribution in [0.2, 0.25) is 0 Å². The van der Waals surface area contributed by atoms with E-state index in [-0.39, 0.29) is 6.61 Å². The first kappa shape index (κ1) is 19.2. The third-order valence-electron chi connectivity index (χ3n) is 4.27. The monoisotopic (exact) mass is 350 g/mol. The highest BCUT2D eigenvalue weighted by atomic mass is 16.5. The minimum absolute atomic E-state index is 0.375. The number of nitrogens with zero attached hydrogens (tertiary/aromatic N) is 1. The van der Waals surface area contributed by atoms with E-state index in [0.29, 0.717) is 12.8 Å². The van der Waals surface area contributed by atoms with E-state index in [0.717, 1.165) is 16.5 Å². The molecule has 1 aromatic heterocycles. The molecule has 0 radical (unpaired) electrons. The van der Waals surface area contributed by atoms with Crippen LogP contribution in [0.3, 0.4) is 0 Å². The largest absolute Gasteiger partial charge is 0.452 e. The Hall–Kier alpha value is -3.13. The summed E-state index contributed by atoms with van der Waals surface area (Å²) in [6, 6.07) is 9.49. The first-order valence-electron chi connectivity index (χ1n) is 8.51. The number of benzene rings is 1. The SMILES string of the molecule is C#CC(CC)(CC)NC(=O)COC(=O)C=Cc1cccc2cccnc12. The Bertz CT molecular complexity index is 856. The summed E-state index contributed by atoms with van der Waals surface area (Å²) >= 11 is 0. The molecule has 1 heterocycles. The summed E-state index contributed by atoms with van der Waals surface area (Å²) in [4.78, 5) is 28.2. The van der Waals surface area contributed by atoms with Crippen LogP contribution in [0.1, 0.15) is 32.3 Å². The molecular weight excluding hydrogens is 328 g/mol. The quantitative estimate of drug-likeness (QED) is 0.473. The van der Waals surface area contributed by atoms with Gasteiger partial charge in [-0.3, -0.25) is 9.78 Å². The van der Waals surface area contributed by atoms with Crippen molar-refractivity contribution in [3.8, 4) is 12.3 Å². The number of fused-ring (bicyclic) bond motifs is 1. The molecule has 0 aliphatic rings. The van der Waals surface area contributed by atoms with E-state index in [2.05, 4.69) is 16.2 Å². The predicted octanol–water partition coefficient (Wildman–Crippen LogP) is 3.10. The molecule has 0 fully saturated rings. The van der Waals surface area contributed by atoms with Crippen molar-refractivity contribution in [2.75, 3.05) is 6.61 Å². The molecule has 0 atom stereocenters. The average molecular weight is 350 g/mol. The molecule has 1 aromatic carbocycles. The minimum atomic E-state index is -0.700. The highest BCUT2D eigenvalue weighted by molar-refractivity contribution is 5.93. The Morgan fingerprint density at radius 1 is 1.27 bits per heavy atom. The molecule has 2 aromatic rings. The molecular formula is C21H22N2O3. The van der Waals surface area contributed by atoms with Crippen LogP contribution in [0.4, 0.5) is 0 Å². The number of terminal acetylenes is 1. The van der Waals surface area contributed by atoms with Gasteiger partial charge in [-0.1, -0.05) is 44.0 Å². The Kier molecular flexibility index (Phi) is 6.51. The lowest BCUT2D eigenvalue weighted by Gasteiger charge is -2.26. The van der Waals surface area contributed by atoms with Crippen molar-refractivity contribution >= 4 is 28.9 Å². The molecule has 2 rings (SSSR count). The fraction of sp³-hybridized carbons (Fsp3) is 0.286. The number of hydrogen-bond donors (Lipinski definition) is 1. The van der Waals surface area contributed by atoms with Gasteiger partial charge in [-0.2, -0.15) is 0 Å². The third-order valence-corrected chi connectivity index (χ3v) is 4.27. The summed E-state index contributed by atoms with van der Waals surface area (Å²) in [6.07, 6.45) is 11.3. The van der Waals surface area contributed by atoms with Gasteiger partial charge in [0.15, 0.2) is 6.61 Å². The number of aromatic nitrogens is 1. The number of ether oxygens (including phenoxy) is 1. The van der Waals surface area contributed by atoms with E-state index in [9.17, 15) is 9.59 Å². The first-order valence-corrected chi connectivity index (χ1v) is 8.51. The van der Waals surface area contributed by atoms with E-state index in [4.69, 9.17) is 11.2 Å². The lowest BCUT2D eigenvalue weighted by Crippen LogP contribution is -2.48. The zero-order valence-electron chi connectivity index (χ0n) is 15.0. The maximum atomic E-state index is 12.0. The van der Waals surface area contributed by atoms with Gasteiger partial charge < -0.3 is 10.1 Å². The van der Waals surface area contributed by atoms with Gasteiger partial charge in [-0.25, -0.2) is 4.79 Å². The number of nitrogens with one attached hydrogen (secondary N) is 1. The van der Waals surface area contributed by atoms with Crippen molar-refractivity contribution in [1.29, 1.82) is 0 Å². The number of rotatable bonds is 7. The second-order valence-electron chi connectivity index (χ2n) is 5.85. The molecule has 0 spiro atoms. The van der Waals surface area contributed by atoms with Gasteiger partial charge in [0.25, 0.3) is 5.91 Å². The van der Waals surface area contributed by atoms with Crippen LogP contribution >= 0.6 is 0 Å². The fourth-order valence-electron chi connectivity index (χ4n) is 2.57. The van der Waals surface area contributed by atoms with E-state index in [1.165, 1.54) is 6.08 Å². The molecule has 5 nitrogen and oxygen atoms in total. The van der Waals surface area contributed by atoms with Crippen LogP contribution in [0.25, 0.3) is 17.0 Å². The summed E-state index contributed by atoms with van der Waals surface area (Å²) in [5.41, 5.74) is 0.892. The van der Waals surface area contributed by atoms with E-state index in [1.54, 1.807) is 12.3 Å². The minimum Gasteiger partial charge on any atom is -0.452 e. The van der Waals surface area contributed by atoms with Crippen molar-refractivity contribution in [2.24, 2.45) is 0 Å². The molecule has 0 aliphatic heterocycles. The first-order chi connectivity index (χ1) is 12.5. The number of carbonyl (C=O) groups excluding carboxylic acids is 2. The molecule has 0 saturated heterocycles. The average Bonchev–Trinajstić information content (AvgIpc) is 2.69. The Morgan fingerprint density at radius 3 is 2.69 bits per heavy atom. The van der Waals surface area contributed by atoms with Crippen molar-refractivity contribution in [3.63, 3.8) is 0 Å². The topological polar surface area (TPSA) is 68.3 Å². The van der Waals surface area contributed by atoms with Crippen molar-refractivity contribution < 1.29 is 14.3 Å². The number of esters is 1. The molecule has 134 valence electrons. The number of amides is 1. The maximum absolute atomic E-state index is 12.0. The number of pyridine rings is 1. The van der Waals surface area contributed by atoms with Gasteiger partial charge in [0.05, 0.1) is 5.52 Å². The fourth-order valence-corrected chi connectivity index (χ4v) is 2.57.